The van der Waals surface area contributed by atoms with Crippen molar-refractivity contribution in [1.29, 1.82) is 0 Å². The molecule has 1 aromatic heterocycles. The molecule has 0 spiro atoms. The van der Waals surface area contributed by atoms with Crippen molar-refractivity contribution in [2.45, 2.75) is 12.5 Å². The zero-order valence-corrected chi connectivity index (χ0v) is 11.5. The standard InChI is InChI=1S/C10H16Cl2N4O/c1-10(17,6-16(2)3)5-14-8-7(11)4-13-9(12)15-8/h4,17H,5-6H2,1-3H3,(H,13,14,15). The topological polar surface area (TPSA) is 61.3 Å². The molecule has 0 aliphatic rings. The van der Waals surface area contributed by atoms with Gasteiger partial charge in [0.1, 0.15) is 10.8 Å². The number of aromatic nitrogens is 2. The monoisotopic (exact) mass is 278 g/mol. The summed E-state index contributed by atoms with van der Waals surface area (Å²) in [6.07, 6.45) is 1.42. The van der Waals surface area contributed by atoms with Crippen molar-refractivity contribution in [3.05, 3.63) is 16.5 Å². The molecule has 17 heavy (non-hydrogen) atoms. The van der Waals surface area contributed by atoms with Gasteiger partial charge in [-0.3, -0.25) is 0 Å². The van der Waals surface area contributed by atoms with Crippen LogP contribution in [0.4, 0.5) is 5.82 Å². The minimum Gasteiger partial charge on any atom is -0.387 e. The molecule has 5 nitrogen and oxygen atoms in total. The van der Waals surface area contributed by atoms with Crippen molar-refractivity contribution in [2.75, 3.05) is 32.5 Å². The Morgan fingerprint density at radius 3 is 2.71 bits per heavy atom. The Bertz CT molecular complexity index is 385. The average molecular weight is 279 g/mol. The average Bonchev–Trinajstić information content (AvgIpc) is 2.17. The number of nitrogens with one attached hydrogen (secondary N) is 1. The molecule has 1 rings (SSSR count). The van der Waals surface area contributed by atoms with E-state index in [1.807, 2.05) is 19.0 Å². The summed E-state index contributed by atoms with van der Waals surface area (Å²) >= 11 is 11.6. The maximum absolute atomic E-state index is 10.1. The first-order chi connectivity index (χ1) is 7.80. The minimum atomic E-state index is -0.885. The van der Waals surface area contributed by atoms with Gasteiger partial charge in [-0.1, -0.05) is 11.6 Å². The number of nitrogens with zero attached hydrogens (tertiary/aromatic N) is 3. The predicted octanol–water partition coefficient (Wildman–Crippen LogP) is 1.51. The van der Waals surface area contributed by atoms with E-state index in [2.05, 4.69) is 15.3 Å². The lowest BCUT2D eigenvalue weighted by atomic mass is 10.1. The maximum Gasteiger partial charge on any atom is 0.224 e. The van der Waals surface area contributed by atoms with Crippen molar-refractivity contribution in [2.24, 2.45) is 0 Å². The van der Waals surface area contributed by atoms with Gasteiger partial charge in [0.15, 0.2) is 0 Å². The van der Waals surface area contributed by atoms with Crippen molar-refractivity contribution in [3.8, 4) is 0 Å². The molecule has 0 aliphatic heterocycles. The van der Waals surface area contributed by atoms with E-state index in [-0.39, 0.29) is 5.28 Å². The van der Waals surface area contributed by atoms with Gasteiger partial charge in [0.25, 0.3) is 0 Å². The van der Waals surface area contributed by atoms with Gasteiger partial charge in [0, 0.05) is 13.1 Å². The highest BCUT2D eigenvalue weighted by molar-refractivity contribution is 6.33. The lowest BCUT2D eigenvalue weighted by molar-refractivity contribution is 0.0459. The first-order valence-electron chi connectivity index (χ1n) is 5.09. The third kappa shape index (κ3) is 5.04. The third-order valence-corrected chi connectivity index (χ3v) is 2.47. The van der Waals surface area contributed by atoms with Gasteiger partial charge >= 0.3 is 0 Å². The van der Waals surface area contributed by atoms with Gasteiger partial charge in [-0.2, -0.15) is 4.98 Å². The van der Waals surface area contributed by atoms with Gasteiger partial charge in [0.2, 0.25) is 5.28 Å². The van der Waals surface area contributed by atoms with Crippen LogP contribution < -0.4 is 5.32 Å². The molecule has 0 aliphatic carbocycles. The highest BCUT2D eigenvalue weighted by Crippen LogP contribution is 2.20. The molecule has 1 heterocycles. The summed E-state index contributed by atoms with van der Waals surface area (Å²) in [5.74, 6) is 0.422. The van der Waals surface area contributed by atoms with Crippen LogP contribution >= 0.6 is 23.2 Å². The van der Waals surface area contributed by atoms with E-state index < -0.39 is 5.60 Å². The Labute approximate surface area is 111 Å². The number of anilines is 1. The fourth-order valence-corrected chi connectivity index (χ4v) is 1.77. The van der Waals surface area contributed by atoms with Gasteiger partial charge in [-0.25, -0.2) is 4.98 Å². The summed E-state index contributed by atoms with van der Waals surface area (Å²) in [7, 11) is 3.78. The van der Waals surface area contributed by atoms with Crippen LogP contribution in [0.15, 0.2) is 6.20 Å². The van der Waals surface area contributed by atoms with Crippen LogP contribution in [0.1, 0.15) is 6.92 Å². The molecule has 1 atom stereocenters. The summed E-state index contributed by atoms with van der Waals surface area (Å²) in [5.41, 5.74) is -0.885. The first-order valence-corrected chi connectivity index (χ1v) is 5.85. The third-order valence-electron chi connectivity index (χ3n) is 2.01. The summed E-state index contributed by atoms with van der Waals surface area (Å²) in [6, 6.07) is 0. The largest absolute Gasteiger partial charge is 0.387 e. The Balaban J connectivity index is 2.63. The molecule has 96 valence electrons. The van der Waals surface area contributed by atoms with E-state index >= 15 is 0 Å². The highest BCUT2D eigenvalue weighted by atomic mass is 35.5. The van der Waals surface area contributed by atoms with Gasteiger partial charge in [-0.05, 0) is 32.6 Å². The molecule has 0 bridgehead atoms. The van der Waals surface area contributed by atoms with E-state index in [9.17, 15) is 5.11 Å². The predicted molar refractivity (Wildman–Crippen MR) is 69.7 cm³/mol. The normalized spacial score (nSPS) is 14.8. The smallest absolute Gasteiger partial charge is 0.224 e. The van der Waals surface area contributed by atoms with Crippen LogP contribution in [0.2, 0.25) is 10.3 Å². The van der Waals surface area contributed by atoms with Crippen LogP contribution in [0.5, 0.6) is 0 Å². The quantitative estimate of drug-likeness (QED) is 0.800. The molecule has 0 saturated carbocycles. The van der Waals surface area contributed by atoms with Crippen LogP contribution in [-0.4, -0.2) is 52.8 Å². The zero-order chi connectivity index (χ0) is 13.1. The van der Waals surface area contributed by atoms with Crippen molar-refractivity contribution >= 4 is 29.0 Å². The molecular weight excluding hydrogens is 263 g/mol. The van der Waals surface area contributed by atoms with Crippen LogP contribution in [0, 0.1) is 0 Å². The van der Waals surface area contributed by atoms with Crippen molar-refractivity contribution in [1.82, 2.24) is 14.9 Å². The van der Waals surface area contributed by atoms with E-state index in [0.717, 1.165) is 0 Å². The molecule has 0 radical (unpaired) electrons. The Hall–Kier alpha value is -0.620. The Morgan fingerprint density at radius 2 is 2.12 bits per heavy atom. The van der Waals surface area contributed by atoms with E-state index in [1.165, 1.54) is 6.20 Å². The Kier molecular flexibility index (Phi) is 4.94. The Morgan fingerprint density at radius 1 is 1.47 bits per heavy atom. The second-order valence-electron chi connectivity index (χ2n) is 4.42. The summed E-state index contributed by atoms with van der Waals surface area (Å²) in [5, 5.41) is 13.5. The van der Waals surface area contributed by atoms with E-state index in [4.69, 9.17) is 23.2 Å². The molecule has 0 fully saturated rings. The number of likely N-dealkylation sites (N-methyl/N-ethyl adjacent to an activating group) is 1. The number of halogens is 2. The van der Waals surface area contributed by atoms with Gasteiger partial charge < -0.3 is 15.3 Å². The molecule has 0 saturated heterocycles. The lowest BCUT2D eigenvalue weighted by Crippen LogP contribution is -2.43. The molecule has 2 N–H and O–H groups in total. The van der Waals surface area contributed by atoms with Crippen molar-refractivity contribution in [3.63, 3.8) is 0 Å². The number of rotatable bonds is 5. The molecular formula is C10H16Cl2N4O. The van der Waals surface area contributed by atoms with Gasteiger partial charge in [-0.15, -0.1) is 0 Å². The van der Waals surface area contributed by atoms with Crippen LogP contribution in [0.25, 0.3) is 0 Å². The van der Waals surface area contributed by atoms with Gasteiger partial charge in [0.05, 0.1) is 11.8 Å². The van der Waals surface area contributed by atoms with Crippen LogP contribution in [-0.2, 0) is 0 Å². The molecule has 0 aromatic carbocycles. The van der Waals surface area contributed by atoms with Crippen LogP contribution in [0.3, 0.4) is 0 Å². The minimum absolute atomic E-state index is 0.115. The lowest BCUT2D eigenvalue weighted by Gasteiger charge is -2.27. The fourth-order valence-electron chi connectivity index (χ4n) is 1.48. The number of hydrogen-bond donors (Lipinski definition) is 2. The van der Waals surface area contributed by atoms with E-state index in [1.54, 1.807) is 6.92 Å². The number of hydrogen-bond acceptors (Lipinski definition) is 5. The van der Waals surface area contributed by atoms with Crippen molar-refractivity contribution < 1.29 is 5.11 Å². The highest BCUT2D eigenvalue weighted by Gasteiger charge is 2.21. The second-order valence-corrected chi connectivity index (χ2v) is 5.17. The fraction of sp³-hybridized carbons (Fsp3) is 0.600. The zero-order valence-electron chi connectivity index (χ0n) is 10.0. The second kappa shape index (κ2) is 5.82. The van der Waals surface area contributed by atoms with E-state index in [0.29, 0.717) is 23.9 Å². The molecule has 1 unspecified atom stereocenters. The first kappa shape index (κ1) is 14.4. The maximum atomic E-state index is 10.1. The SMILES string of the molecule is CN(C)CC(C)(O)CNc1nc(Cl)ncc1Cl. The number of aliphatic hydroxyl groups is 1. The summed E-state index contributed by atoms with van der Waals surface area (Å²) < 4.78 is 0. The molecule has 1 aromatic rings. The molecule has 7 heteroatoms. The molecule has 0 amide bonds. The summed E-state index contributed by atoms with van der Waals surface area (Å²) in [4.78, 5) is 9.58. The summed E-state index contributed by atoms with van der Waals surface area (Å²) in [6.45, 7) is 2.57.